The molecular weight excluding hydrogens is 436 g/mol. The maximum atomic E-state index is 12.6. The topological polar surface area (TPSA) is 116 Å². The number of hydrogen-bond donors (Lipinski definition) is 2. The smallest absolute Gasteiger partial charge is 0.407 e. The van der Waals surface area contributed by atoms with Crippen LogP contribution in [-0.2, 0) is 21.5 Å². The first-order valence-electron chi connectivity index (χ1n) is 11.7. The molecule has 0 unspecified atom stereocenters. The molecule has 9 nitrogen and oxygen atoms in total. The van der Waals surface area contributed by atoms with E-state index in [-0.39, 0.29) is 30.0 Å². The van der Waals surface area contributed by atoms with Gasteiger partial charge < -0.3 is 24.6 Å². The molecule has 2 aromatic rings. The molecule has 3 rings (SSSR count). The molecule has 1 aliphatic carbocycles. The lowest BCUT2D eigenvalue weighted by atomic mass is 9.81. The monoisotopic (exact) mass is 472 g/mol. The molecule has 0 bridgehead atoms. The molecule has 186 valence electrons. The summed E-state index contributed by atoms with van der Waals surface area (Å²) in [5.41, 5.74) is 0.0484. The van der Waals surface area contributed by atoms with E-state index in [0.29, 0.717) is 31.0 Å². The zero-order valence-electron chi connectivity index (χ0n) is 20.9. The first kappa shape index (κ1) is 25.5. The minimum atomic E-state index is -0.584. The van der Waals surface area contributed by atoms with Gasteiger partial charge in [-0.05, 0) is 45.6 Å². The Hall–Kier alpha value is -3.10. The van der Waals surface area contributed by atoms with Crippen molar-refractivity contribution in [3.05, 3.63) is 47.6 Å². The fraction of sp³-hybridized carbons (Fsp3) is 0.600. The van der Waals surface area contributed by atoms with Crippen LogP contribution in [0.4, 0.5) is 9.59 Å². The van der Waals surface area contributed by atoms with Gasteiger partial charge in [-0.25, -0.2) is 9.59 Å². The maximum absolute atomic E-state index is 12.6. The van der Waals surface area contributed by atoms with Crippen LogP contribution < -0.4 is 10.6 Å². The molecule has 0 saturated heterocycles. The Morgan fingerprint density at radius 2 is 1.74 bits per heavy atom. The lowest BCUT2D eigenvalue weighted by Crippen LogP contribution is -2.48. The number of rotatable bonds is 5. The summed E-state index contributed by atoms with van der Waals surface area (Å²) in [7, 11) is 0. The van der Waals surface area contributed by atoms with Crippen molar-refractivity contribution >= 4 is 12.2 Å². The van der Waals surface area contributed by atoms with Gasteiger partial charge >= 0.3 is 12.2 Å². The molecule has 1 aromatic carbocycles. The van der Waals surface area contributed by atoms with Crippen LogP contribution in [0.5, 0.6) is 0 Å². The molecule has 2 N–H and O–H groups in total. The maximum Gasteiger partial charge on any atom is 0.407 e. The molecule has 34 heavy (non-hydrogen) atoms. The molecule has 1 heterocycles. The summed E-state index contributed by atoms with van der Waals surface area (Å²) >= 11 is 0. The predicted molar refractivity (Wildman–Crippen MR) is 126 cm³/mol. The largest absolute Gasteiger partial charge is 0.445 e. The van der Waals surface area contributed by atoms with E-state index < -0.39 is 17.8 Å². The number of ether oxygens (including phenoxy) is 2. The fourth-order valence-corrected chi connectivity index (χ4v) is 3.83. The second-order valence-electron chi connectivity index (χ2n) is 10.8. The second kappa shape index (κ2) is 10.4. The summed E-state index contributed by atoms with van der Waals surface area (Å²) in [6.07, 6.45) is 0.825. The quantitative estimate of drug-likeness (QED) is 0.641. The highest BCUT2D eigenvalue weighted by molar-refractivity contribution is 5.68. The number of carbonyl (C=O) groups is 2. The average molecular weight is 473 g/mol. The molecule has 1 aromatic heterocycles. The van der Waals surface area contributed by atoms with Crippen molar-refractivity contribution in [2.75, 3.05) is 0 Å². The molecule has 1 fully saturated rings. The van der Waals surface area contributed by atoms with Crippen LogP contribution in [0.3, 0.4) is 0 Å². The number of alkyl carbamates (subject to hydrolysis) is 2. The highest BCUT2D eigenvalue weighted by atomic mass is 16.6. The summed E-state index contributed by atoms with van der Waals surface area (Å²) in [5, 5.41) is 10.0. The van der Waals surface area contributed by atoms with E-state index in [2.05, 4.69) is 20.8 Å². The minimum Gasteiger partial charge on any atom is -0.445 e. The van der Waals surface area contributed by atoms with Gasteiger partial charge in [0.2, 0.25) is 5.89 Å². The van der Waals surface area contributed by atoms with Gasteiger partial charge in [-0.2, -0.15) is 4.98 Å². The summed E-state index contributed by atoms with van der Waals surface area (Å²) in [6, 6.07) is 9.08. The van der Waals surface area contributed by atoms with E-state index in [1.165, 1.54) is 0 Å². The highest BCUT2D eigenvalue weighted by Gasteiger charge is 2.38. The van der Waals surface area contributed by atoms with Crippen LogP contribution in [0.1, 0.15) is 84.0 Å². The lowest BCUT2D eigenvalue weighted by molar-refractivity contribution is 0.0480. The second-order valence-corrected chi connectivity index (χ2v) is 10.8. The van der Waals surface area contributed by atoms with Crippen LogP contribution in [-0.4, -0.2) is 40.0 Å². The standard InChI is InChI=1S/C25H36N4O5/c1-24(2,3)21-28-20(34-29-21)18-14-17(26-23(31)33-25(4,5)6)12-13-19(18)27-22(30)32-15-16-10-8-7-9-11-16/h7-11,17-19H,12-15H2,1-6H3,(H,26,31)(H,27,30)/t17-,18-,19+/m1/s1. The SMILES string of the molecule is CC(C)(C)OC(=O)N[C@@H]1CC[C@H](NC(=O)OCc2ccccc2)[C@H](c2nc(C(C)(C)C)no2)C1. The normalized spacial score (nSPS) is 20.9. The van der Waals surface area contributed by atoms with Crippen molar-refractivity contribution in [1.82, 2.24) is 20.8 Å². The van der Waals surface area contributed by atoms with E-state index in [4.69, 9.17) is 14.0 Å². The summed E-state index contributed by atoms with van der Waals surface area (Å²) in [5.74, 6) is 0.755. The minimum absolute atomic E-state index is 0.150. The van der Waals surface area contributed by atoms with Gasteiger partial charge in [0.1, 0.15) is 12.2 Å². The van der Waals surface area contributed by atoms with E-state index in [1.54, 1.807) is 0 Å². The Morgan fingerprint density at radius 3 is 2.35 bits per heavy atom. The number of nitrogens with zero attached hydrogens (tertiary/aromatic N) is 2. The Kier molecular flexibility index (Phi) is 7.84. The first-order chi connectivity index (χ1) is 15.9. The number of amides is 2. The fourth-order valence-electron chi connectivity index (χ4n) is 3.83. The van der Waals surface area contributed by atoms with Crippen molar-refractivity contribution in [1.29, 1.82) is 0 Å². The van der Waals surface area contributed by atoms with E-state index in [1.807, 2.05) is 71.9 Å². The van der Waals surface area contributed by atoms with Gasteiger partial charge in [-0.15, -0.1) is 0 Å². The third-order valence-corrected chi connectivity index (χ3v) is 5.52. The number of benzene rings is 1. The zero-order chi connectivity index (χ0) is 24.9. The number of hydrogen-bond acceptors (Lipinski definition) is 7. The number of nitrogens with one attached hydrogen (secondary N) is 2. The van der Waals surface area contributed by atoms with Gasteiger partial charge in [0.25, 0.3) is 0 Å². The third kappa shape index (κ3) is 7.46. The van der Waals surface area contributed by atoms with Crippen molar-refractivity contribution in [3.8, 4) is 0 Å². The van der Waals surface area contributed by atoms with Crippen LogP contribution in [0.15, 0.2) is 34.9 Å². The molecule has 0 radical (unpaired) electrons. The van der Waals surface area contributed by atoms with Crippen molar-refractivity contribution in [2.45, 2.75) is 96.4 Å². The molecule has 1 aliphatic rings. The Morgan fingerprint density at radius 1 is 1.03 bits per heavy atom. The van der Waals surface area contributed by atoms with Crippen LogP contribution in [0.2, 0.25) is 0 Å². The van der Waals surface area contributed by atoms with E-state index >= 15 is 0 Å². The van der Waals surface area contributed by atoms with Crippen molar-refractivity contribution in [3.63, 3.8) is 0 Å². The van der Waals surface area contributed by atoms with Crippen LogP contribution in [0.25, 0.3) is 0 Å². The Balaban J connectivity index is 1.69. The van der Waals surface area contributed by atoms with Crippen LogP contribution >= 0.6 is 0 Å². The summed E-state index contributed by atoms with van der Waals surface area (Å²) in [6.45, 7) is 11.7. The average Bonchev–Trinajstić information content (AvgIpc) is 3.23. The number of carbonyl (C=O) groups excluding carboxylic acids is 2. The molecule has 3 atom stereocenters. The third-order valence-electron chi connectivity index (χ3n) is 5.52. The lowest BCUT2D eigenvalue weighted by Gasteiger charge is -2.35. The van der Waals surface area contributed by atoms with Gasteiger partial charge in [0.15, 0.2) is 5.82 Å². The number of aromatic nitrogens is 2. The molecule has 9 heteroatoms. The van der Waals surface area contributed by atoms with Gasteiger partial charge in [-0.3, -0.25) is 0 Å². The van der Waals surface area contributed by atoms with Crippen molar-refractivity contribution < 1.29 is 23.6 Å². The summed E-state index contributed by atoms with van der Waals surface area (Å²) < 4.78 is 16.4. The van der Waals surface area contributed by atoms with Crippen molar-refractivity contribution in [2.24, 2.45) is 0 Å². The first-order valence-corrected chi connectivity index (χ1v) is 11.7. The van der Waals surface area contributed by atoms with Crippen LogP contribution in [0, 0.1) is 0 Å². The highest BCUT2D eigenvalue weighted by Crippen LogP contribution is 2.34. The van der Waals surface area contributed by atoms with Gasteiger partial charge in [0.05, 0.1) is 5.92 Å². The van der Waals surface area contributed by atoms with Gasteiger partial charge in [-0.1, -0.05) is 56.3 Å². The van der Waals surface area contributed by atoms with E-state index in [9.17, 15) is 9.59 Å². The molecule has 1 saturated carbocycles. The summed E-state index contributed by atoms with van der Waals surface area (Å²) in [4.78, 5) is 29.5. The molecule has 0 spiro atoms. The Bertz CT molecular complexity index is 962. The predicted octanol–water partition coefficient (Wildman–Crippen LogP) is 4.82. The van der Waals surface area contributed by atoms with E-state index in [0.717, 1.165) is 5.56 Å². The Labute approximate surface area is 201 Å². The molecule has 2 amide bonds. The molecular formula is C25H36N4O5. The zero-order valence-corrected chi connectivity index (χ0v) is 20.9. The molecule has 0 aliphatic heterocycles. The van der Waals surface area contributed by atoms with Gasteiger partial charge in [0, 0.05) is 17.5 Å².